The highest BCUT2D eigenvalue weighted by molar-refractivity contribution is 6.42. The number of amides is 1. The maximum Gasteiger partial charge on any atom is 0.219 e. The van der Waals surface area contributed by atoms with Crippen LogP contribution in [-0.4, -0.2) is 5.91 Å². The van der Waals surface area contributed by atoms with Crippen LogP contribution in [0.5, 0.6) is 0 Å². The van der Waals surface area contributed by atoms with Crippen LogP contribution in [-0.2, 0) is 4.79 Å². The summed E-state index contributed by atoms with van der Waals surface area (Å²) >= 11 is 11.7. The van der Waals surface area contributed by atoms with Gasteiger partial charge in [0.05, 0.1) is 10.0 Å². The number of rotatable bonds is 3. The number of primary amides is 1. The molecular formula is C9H10Cl2N2O. The number of benzene rings is 1. The van der Waals surface area contributed by atoms with Crippen LogP contribution in [0.4, 0.5) is 0 Å². The maximum absolute atomic E-state index is 10.6. The first kappa shape index (κ1) is 11.3. The van der Waals surface area contributed by atoms with Crippen LogP contribution in [0.2, 0.25) is 10.0 Å². The zero-order valence-corrected chi connectivity index (χ0v) is 8.85. The van der Waals surface area contributed by atoms with E-state index in [1.807, 2.05) is 0 Å². The third-order valence-corrected chi connectivity index (χ3v) is 2.64. The summed E-state index contributed by atoms with van der Waals surface area (Å²) in [6.45, 7) is 0. The van der Waals surface area contributed by atoms with Crippen LogP contribution in [0.1, 0.15) is 18.0 Å². The van der Waals surface area contributed by atoms with Crippen molar-refractivity contribution < 1.29 is 4.79 Å². The Morgan fingerprint density at radius 3 is 2.64 bits per heavy atom. The van der Waals surface area contributed by atoms with Gasteiger partial charge in [0.25, 0.3) is 0 Å². The molecule has 1 rings (SSSR count). The number of carbonyl (C=O) groups is 1. The van der Waals surface area contributed by atoms with Gasteiger partial charge < -0.3 is 11.5 Å². The number of halogens is 2. The molecule has 1 atom stereocenters. The third kappa shape index (κ3) is 2.61. The summed E-state index contributed by atoms with van der Waals surface area (Å²) in [6, 6.07) is 4.61. The summed E-state index contributed by atoms with van der Waals surface area (Å²) in [5, 5.41) is 0.798. The molecule has 0 saturated carbocycles. The Morgan fingerprint density at radius 1 is 1.43 bits per heavy atom. The third-order valence-electron chi connectivity index (χ3n) is 1.80. The molecular weight excluding hydrogens is 223 g/mol. The van der Waals surface area contributed by atoms with E-state index in [9.17, 15) is 4.79 Å². The normalized spacial score (nSPS) is 12.5. The molecule has 1 aromatic carbocycles. The molecule has 0 aromatic heterocycles. The van der Waals surface area contributed by atoms with Crippen molar-refractivity contribution in [3.8, 4) is 0 Å². The highest BCUT2D eigenvalue weighted by Crippen LogP contribution is 2.29. The molecule has 0 aliphatic rings. The van der Waals surface area contributed by atoms with E-state index in [-0.39, 0.29) is 6.42 Å². The van der Waals surface area contributed by atoms with E-state index in [2.05, 4.69) is 0 Å². The molecule has 0 fully saturated rings. The summed E-state index contributed by atoms with van der Waals surface area (Å²) < 4.78 is 0. The number of hydrogen-bond donors (Lipinski definition) is 2. The SMILES string of the molecule is NC(=O)C[C@@H](N)c1cccc(Cl)c1Cl. The van der Waals surface area contributed by atoms with Crippen LogP contribution in [0.25, 0.3) is 0 Å². The standard InChI is InChI=1S/C9H10Cl2N2O/c10-6-3-1-2-5(9(6)11)7(12)4-8(13)14/h1-3,7H,4,12H2,(H2,13,14)/t7-/m1/s1. The highest BCUT2D eigenvalue weighted by Gasteiger charge is 2.13. The van der Waals surface area contributed by atoms with E-state index in [0.717, 1.165) is 0 Å². The van der Waals surface area contributed by atoms with Gasteiger partial charge in [0.2, 0.25) is 5.91 Å². The van der Waals surface area contributed by atoms with Crippen molar-refractivity contribution in [1.82, 2.24) is 0 Å². The van der Waals surface area contributed by atoms with E-state index < -0.39 is 11.9 Å². The molecule has 0 heterocycles. The lowest BCUT2D eigenvalue weighted by Gasteiger charge is -2.12. The fraction of sp³-hybridized carbons (Fsp3) is 0.222. The van der Waals surface area contributed by atoms with E-state index in [1.54, 1.807) is 18.2 Å². The molecule has 0 aliphatic carbocycles. The molecule has 5 heteroatoms. The first-order valence-corrected chi connectivity index (χ1v) is 4.75. The molecule has 3 nitrogen and oxygen atoms in total. The van der Waals surface area contributed by atoms with E-state index in [0.29, 0.717) is 15.6 Å². The van der Waals surface area contributed by atoms with Crippen molar-refractivity contribution >= 4 is 29.1 Å². The van der Waals surface area contributed by atoms with Gasteiger partial charge in [-0.25, -0.2) is 0 Å². The summed E-state index contributed by atoms with van der Waals surface area (Å²) in [6.07, 6.45) is 0.0556. The predicted molar refractivity (Wildman–Crippen MR) is 57.2 cm³/mol. The van der Waals surface area contributed by atoms with Crippen molar-refractivity contribution in [2.45, 2.75) is 12.5 Å². The zero-order valence-electron chi connectivity index (χ0n) is 7.34. The average Bonchev–Trinajstić information content (AvgIpc) is 2.08. The van der Waals surface area contributed by atoms with Crippen LogP contribution in [0, 0.1) is 0 Å². The Bertz CT molecular complexity index is 355. The van der Waals surface area contributed by atoms with Gasteiger partial charge in [-0.1, -0.05) is 35.3 Å². The molecule has 76 valence electrons. The Morgan fingerprint density at radius 2 is 2.07 bits per heavy atom. The molecule has 0 bridgehead atoms. The Kier molecular flexibility index (Phi) is 3.75. The van der Waals surface area contributed by atoms with Crippen molar-refractivity contribution in [3.63, 3.8) is 0 Å². The minimum atomic E-state index is -0.501. The van der Waals surface area contributed by atoms with Gasteiger partial charge in [-0.05, 0) is 11.6 Å². The Labute approximate surface area is 92.0 Å². The van der Waals surface area contributed by atoms with Crippen molar-refractivity contribution in [2.24, 2.45) is 11.5 Å². The van der Waals surface area contributed by atoms with Gasteiger partial charge in [0.15, 0.2) is 0 Å². The fourth-order valence-corrected chi connectivity index (χ4v) is 1.58. The highest BCUT2D eigenvalue weighted by atomic mass is 35.5. The first-order valence-electron chi connectivity index (χ1n) is 4.00. The topological polar surface area (TPSA) is 69.1 Å². The second-order valence-corrected chi connectivity index (χ2v) is 3.71. The summed E-state index contributed by atoms with van der Waals surface area (Å²) in [7, 11) is 0. The first-order chi connectivity index (χ1) is 6.52. The molecule has 1 amide bonds. The molecule has 0 saturated heterocycles. The van der Waals surface area contributed by atoms with Gasteiger partial charge in [-0.3, -0.25) is 4.79 Å². The van der Waals surface area contributed by atoms with Crippen LogP contribution in [0.15, 0.2) is 18.2 Å². The second kappa shape index (κ2) is 4.64. The van der Waals surface area contributed by atoms with E-state index >= 15 is 0 Å². The van der Waals surface area contributed by atoms with E-state index in [4.69, 9.17) is 34.7 Å². The average molecular weight is 233 g/mol. The number of carbonyl (C=O) groups excluding carboxylic acids is 1. The lowest BCUT2D eigenvalue weighted by molar-refractivity contribution is -0.118. The van der Waals surface area contributed by atoms with E-state index in [1.165, 1.54) is 0 Å². The maximum atomic E-state index is 10.6. The largest absolute Gasteiger partial charge is 0.370 e. The second-order valence-electron chi connectivity index (χ2n) is 2.92. The fourth-order valence-electron chi connectivity index (χ4n) is 1.13. The van der Waals surface area contributed by atoms with Gasteiger partial charge in [-0.15, -0.1) is 0 Å². The van der Waals surface area contributed by atoms with Gasteiger partial charge in [0.1, 0.15) is 0 Å². The van der Waals surface area contributed by atoms with Gasteiger partial charge in [-0.2, -0.15) is 0 Å². The van der Waals surface area contributed by atoms with Crippen molar-refractivity contribution in [1.29, 1.82) is 0 Å². The summed E-state index contributed by atoms with van der Waals surface area (Å²) in [4.78, 5) is 10.6. The van der Waals surface area contributed by atoms with Crippen molar-refractivity contribution in [2.75, 3.05) is 0 Å². The molecule has 14 heavy (non-hydrogen) atoms. The Hall–Kier alpha value is -0.770. The molecule has 0 radical (unpaired) electrons. The molecule has 0 aliphatic heterocycles. The summed E-state index contributed by atoms with van der Waals surface area (Å²) in [5.74, 6) is -0.464. The van der Waals surface area contributed by atoms with Crippen LogP contribution in [0.3, 0.4) is 0 Å². The molecule has 4 N–H and O–H groups in total. The molecule has 0 spiro atoms. The molecule has 0 unspecified atom stereocenters. The van der Waals surface area contributed by atoms with Crippen LogP contribution >= 0.6 is 23.2 Å². The Balaban J connectivity index is 2.95. The molecule has 1 aromatic rings. The zero-order chi connectivity index (χ0) is 10.7. The lowest BCUT2D eigenvalue weighted by atomic mass is 10.0. The van der Waals surface area contributed by atoms with Crippen molar-refractivity contribution in [3.05, 3.63) is 33.8 Å². The minimum absolute atomic E-state index is 0.0556. The van der Waals surface area contributed by atoms with Gasteiger partial charge >= 0.3 is 0 Å². The lowest BCUT2D eigenvalue weighted by Crippen LogP contribution is -2.20. The smallest absolute Gasteiger partial charge is 0.219 e. The monoisotopic (exact) mass is 232 g/mol. The minimum Gasteiger partial charge on any atom is -0.370 e. The number of nitrogens with two attached hydrogens (primary N) is 2. The summed E-state index contributed by atoms with van der Waals surface area (Å²) in [5.41, 5.74) is 11.4. The number of hydrogen-bond acceptors (Lipinski definition) is 2. The van der Waals surface area contributed by atoms with Gasteiger partial charge in [0, 0.05) is 12.5 Å². The predicted octanol–water partition coefficient (Wildman–Crippen LogP) is 1.87. The van der Waals surface area contributed by atoms with Crippen LogP contribution < -0.4 is 11.5 Å². The quantitative estimate of drug-likeness (QED) is 0.836.